The standard InChI is InChI=1S/C21H27N3O5S/c1-4-24(5-2)30(27,28)19-12-6-16(7-13-19)14-15-22-20(25)21(26)23-17-8-10-18(29-3)11-9-17/h6-13H,4-5,14-15H2,1-3H3,(H,22,25)(H,23,26). The number of sulfonamides is 1. The van der Waals surface area contributed by atoms with Gasteiger partial charge < -0.3 is 15.4 Å². The van der Waals surface area contributed by atoms with Crippen molar-refractivity contribution in [3.63, 3.8) is 0 Å². The molecule has 162 valence electrons. The average molecular weight is 434 g/mol. The first-order valence-electron chi connectivity index (χ1n) is 9.64. The van der Waals surface area contributed by atoms with Crippen molar-refractivity contribution in [3.8, 4) is 5.75 Å². The molecule has 8 nitrogen and oxygen atoms in total. The first kappa shape index (κ1) is 23.4. The predicted octanol–water partition coefficient (Wildman–Crippen LogP) is 2.02. The predicted molar refractivity (Wildman–Crippen MR) is 115 cm³/mol. The van der Waals surface area contributed by atoms with Crippen LogP contribution in [0.25, 0.3) is 0 Å². The van der Waals surface area contributed by atoms with Gasteiger partial charge in [-0.25, -0.2) is 8.42 Å². The van der Waals surface area contributed by atoms with E-state index in [2.05, 4.69) is 10.6 Å². The van der Waals surface area contributed by atoms with Gasteiger partial charge in [0.2, 0.25) is 10.0 Å². The van der Waals surface area contributed by atoms with Crippen molar-refractivity contribution in [2.24, 2.45) is 0 Å². The van der Waals surface area contributed by atoms with Gasteiger partial charge in [0.1, 0.15) is 5.75 Å². The van der Waals surface area contributed by atoms with E-state index >= 15 is 0 Å². The van der Waals surface area contributed by atoms with Crippen LogP contribution in [0.5, 0.6) is 5.75 Å². The summed E-state index contributed by atoms with van der Waals surface area (Å²) in [6.07, 6.45) is 0.465. The zero-order chi connectivity index (χ0) is 22.1. The minimum atomic E-state index is -3.49. The maximum Gasteiger partial charge on any atom is 0.313 e. The molecule has 0 bridgehead atoms. The van der Waals surface area contributed by atoms with Gasteiger partial charge in [0.05, 0.1) is 12.0 Å². The Labute approximate surface area is 177 Å². The number of carbonyl (C=O) groups is 2. The number of anilines is 1. The third kappa shape index (κ3) is 6.04. The highest BCUT2D eigenvalue weighted by atomic mass is 32.2. The molecule has 0 fully saturated rings. The van der Waals surface area contributed by atoms with Crippen molar-refractivity contribution >= 4 is 27.5 Å². The molecule has 0 atom stereocenters. The van der Waals surface area contributed by atoms with E-state index in [1.54, 1.807) is 69.5 Å². The fraction of sp³-hybridized carbons (Fsp3) is 0.333. The van der Waals surface area contributed by atoms with Crippen LogP contribution in [-0.4, -0.2) is 51.3 Å². The van der Waals surface area contributed by atoms with Crippen LogP contribution in [0.1, 0.15) is 19.4 Å². The second-order valence-corrected chi connectivity index (χ2v) is 8.36. The monoisotopic (exact) mass is 433 g/mol. The molecule has 0 spiro atoms. The lowest BCUT2D eigenvalue weighted by Gasteiger charge is -2.18. The molecule has 9 heteroatoms. The summed E-state index contributed by atoms with van der Waals surface area (Å²) in [5.74, 6) is -0.860. The van der Waals surface area contributed by atoms with Crippen LogP contribution in [0.4, 0.5) is 5.69 Å². The van der Waals surface area contributed by atoms with Gasteiger partial charge in [-0.1, -0.05) is 26.0 Å². The van der Waals surface area contributed by atoms with E-state index in [1.165, 1.54) is 4.31 Å². The van der Waals surface area contributed by atoms with Crippen LogP contribution in [0, 0.1) is 0 Å². The van der Waals surface area contributed by atoms with Crippen molar-refractivity contribution in [1.82, 2.24) is 9.62 Å². The first-order chi connectivity index (χ1) is 14.3. The molecule has 2 aromatic carbocycles. The van der Waals surface area contributed by atoms with E-state index < -0.39 is 21.8 Å². The lowest BCUT2D eigenvalue weighted by atomic mass is 10.1. The number of amides is 2. The Morgan fingerprint density at radius 1 is 0.933 bits per heavy atom. The van der Waals surface area contributed by atoms with Gasteiger partial charge in [-0.3, -0.25) is 9.59 Å². The van der Waals surface area contributed by atoms with Gasteiger partial charge in [0.25, 0.3) is 0 Å². The highest BCUT2D eigenvalue weighted by Gasteiger charge is 2.21. The number of hydrogen-bond donors (Lipinski definition) is 2. The van der Waals surface area contributed by atoms with Crippen LogP contribution in [0.2, 0.25) is 0 Å². The van der Waals surface area contributed by atoms with Crippen molar-refractivity contribution in [2.75, 3.05) is 32.1 Å². The largest absolute Gasteiger partial charge is 0.497 e. The molecule has 2 N–H and O–H groups in total. The highest BCUT2D eigenvalue weighted by Crippen LogP contribution is 2.17. The Morgan fingerprint density at radius 2 is 1.53 bits per heavy atom. The third-order valence-electron chi connectivity index (χ3n) is 4.52. The van der Waals surface area contributed by atoms with E-state index in [9.17, 15) is 18.0 Å². The first-order valence-corrected chi connectivity index (χ1v) is 11.1. The van der Waals surface area contributed by atoms with Crippen molar-refractivity contribution < 1.29 is 22.7 Å². The Hall–Kier alpha value is -2.91. The lowest BCUT2D eigenvalue weighted by molar-refractivity contribution is -0.136. The molecule has 2 amide bonds. The summed E-state index contributed by atoms with van der Waals surface area (Å²) in [4.78, 5) is 24.1. The molecule has 0 aromatic heterocycles. The number of ether oxygens (including phenoxy) is 1. The van der Waals surface area contributed by atoms with Crippen LogP contribution >= 0.6 is 0 Å². The van der Waals surface area contributed by atoms with E-state index in [1.807, 2.05) is 0 Å². The summed E-state index contributed by atoms with van der Waals surface area (Å²) in [7, 11) is -1.95. The fourth-order valence-electron chi connectivity index (χ4n) is 2.80. The summed E-state index contributed by atoms with van der Waals surface area (Å²) in [5, 5.41) is 5.06. The minimum absolute atomic E-state index is 0.234. The quantitative estimate of drug-likeness (QED) is 0.589. The molecule has 0 radical (unpaired) electrons. The molecule has 0 saturated heterocycles. The van der Waals surface area contributed by atoms with E-state index in [0.29, 0.717) is 30.9 Å². The Kier molecular flexibility index (Phi) is 8.37. The number of nitrogens with one attached hydrogen (secondary N) is 2. The fourth-order valence-corrected chi connectivity index (χ4v) is 4.26. The normalized spacial score (nSPS) is 11.2. The van der Waals surface area contributed by atoms with E-state index in [4.69, 9.17) is 4.74 Å². The minimum Gasteiger partial charge on any atom is -0.497 e. The molecular weight excluding hydrogens is 406 g/mol. The number of hydrogen-bond acceptors (Lipinski definition) is 5. The Balaban J connectivity index is 1.85. The molecule has 0 heterocycles. The summed E-state index contributed by atoms with van der Waals surface area (Å²) in [5.41, 5.74) is 1.34. The molecule has 2 rings (SSSR count). The molecular formula is C21H27N3O5S. The van der Waals surface area contributed by atoms with Gasteiger partial charge in [0, 0.05) is 25.3 Å². The third-order valence-corrected chi connectivity index (χ3v) is 6.58. The Morgan fingerprint density at radius 3 is 2.07 bits per heavy atom. The maximum atomic E-state index is 12.5. The lowest BCUT2D eigenvalue weighted by Crippen LogP contribution is -2.36. The van der Waals surface area contributed by atoms with Crippen molar-refractivity contribution in [3.05, 3.63) is 54.1 Å². The van der Waals surface area contributed by atoms with Gasteiger partial charge in [-0.2, -0.15) is 4.31 Å². The molecule has 0 unspecified atom stereocenters. The second-order valence-electron chi connectivity index (χ2n) is 6.42. The number of nitrogens with zero attached hydrogens (tertiary/aromatic N) is 1. The molecule has 0 aliphatic heterocycles. The van der Waals surface area contributed by atoms with Crippen LogP contribution in [0.15, 0.2) is 53.4 Å². The van der Waals surface area contributed by atoms with Gasteiger partial charge in [0.15, 0.2) is 0 Å². The Bertz CT molecular complexity index is 953. The molecule has 30 heavy (non-hydrogen) atoms. The molecule has 0 saturated carbocycles. The molecule has 2 aromatic rings. The van der Waals surface area contributed by atoms with Crippen molar-refractivity contribution in [2.45, 2.75) is 25.2 Å². The number of rotatable bonds is 9. The zero-order valence-corrected chi connectivity index (χ0v) is 18.2. The summed E-state index contributed by atoms with van der Waals surface area (Å²) in [6, 6.07) is 13.2. The molecule has 0 aliphatic rings. The van der Waals surface area contributed by atoms with E-state index in [0.717, 1.165) is 5.56 Å². The molecule has 0 aliphatic carbocycles. The van der Waals surface area contributed by atoms with Crippen LogP contribution in [0.3, 0.4) is 0 Å². The second kappa shape index (κ2) is 10.7. The van der Waals surface area contributed by atoms with Gasteiger partial charge in [-0.05, 0) is 48.4 Å². The maximum absolute atomic E-state index is 12.5. The van der Waals surface area contributed by atoms with Crippen LogP contribution in [-0.2, 0) is 26.0 Å². The highest BCUT2D eigenvalue weighted by molar-refractivity contribution is 7.89. The van der Waals surface area contributed by atoms with E-state index in [-0.39, 0.29) is 11.4 Å². The number of carbonyl (C=O) groups excluding carboxylic acids is 2. The number of benzene rings is 2. The summed E-state index contributed by atoms with van der Waals surface area (Å²) >= 11 is 0. The van der Waals surface area contributed by atoms with Crippen LogP contribution < -0.4 is 15.4 Å². The zero-order valence-electron chi connectivity index (χ0n) is 17.3. The number of methoxy groups -OCH3 is 1. The van der Waals surface area contributed by atoms with Gasteiger partial charge in [-0.15, -0.1) is 0 Å². The summed E-state index contributed by atoms with van der Waals surface area (Å²) < 4.78 is 31.4. The SMILES string of the molecule is CCN(CC)S(=O)(=O)c1ccc(CCNC(=O)C(=O)Nc2ccc(OC)cc2)cc1. The summed E-state index contributed by atoms with van der Waals surface area (Å²) in [6.45, 7) is 4.65. The van der Waals surface area contributed by atoms with Crippen molar-refractivity contribution in [1.29, 1.82) is 0 Å². The smallest absolute Gasteiger partial charge is 0.313 e. The van der Waals surface area contributed by atoms with Gasteiger partial charge >= 0.3 is 11.8 Å². The topological polar surface area (TPSA) is 105 Å². The average Bonchev–Trinajstić information content (AvgIpc) is 2.75.